The molecule has 0 N–H and O–H groups in total. The minimum absolute atomic E-state index is 0.0827. The van der Waals surface area contributed by atoms with Crippen LogP contribution in [0.5, 0.6) is 0 Å². The van der Waals surface area contributed by atoms with Gasteiger partial charge in [0, 0.05) is 7.11 Å². The second kappa shape index (κ2) is 14.2. The fraction of sp³-hybridized carbons (Fsp3) is 1.00. The lowest BCUT2D eigenvalue weighted by Gasteiger charge is -2.12. The fourth-order valence-electron chi connectivity index (χ4n) is 2.02. The minimum Gasteiger partial charge on any atom is -0.394 e. The highest BCUT2D eigenvalue weighted by molar-refractivity contribution is 5.98. The largest absolute Gasteiger partial charge is 0.394 e. The third kappa shape index (κ3) is 12.4. The van der Waals surface area contributed by atoms with E-state index in [-0.39, 0.29) is 6.29 Å². The Bertz CT molecular complexity index is 138. The molecule has 0 aliphatic heterocycles. The molecule has 3 radical (unpaired) electrons. The van der Waals surface area contributed by atoms with E-state index in [1.54, 1.807) is 7.11 Å². The average molecular weight is 257 g/mol. The van der Waals surface area contributed by atoms with Crippen molar-refractivity contribution < 1.29 is 9.16 Å². The van der Waals surface area contributed by atoms with E-state index in [0.717, 1.165) is 6.42 Å². The number of hydrogen-bond donors (Lipinski definition) is 0. The van der Waals surface area contributed by atoms with E-state index in [0.29, 0.717) is 0 Å². The van der Waals surface area contributed by atoms with Crippen LogP contribution < -0.4 is 0 Å². The smallest absolute Gasteiger partial charge is 0.249 e. The zero-order chi connectivity index (χ0) is 12.8. The minimum atomic E-state index is -0.0827. The van der Waals surface area contributed by atoms with E-state index in [9.17, 15) is 0 Å². The first kappa shape index (κ1) is 17.1. The van der Waals surface area contributed by atoms with Gasteiger partial charge in [-0.2, -0.15) is 0 Å². The second-order valence-electron chi connectivity index (χ2n) is 4.75. The highest BCUT2D eigenvalue weighted by atomic mass is 28.2. The molecule has 3 heteroatoms. The number of methoxy groups -OCH3 is 1. The molecule has 1 atom stereocenters. The van der Waals surface area contributed by atoms with E-state index in [4.69, 9.17) is 9.16 Å². The molecule has 0 aromatic carbocycles. The molecule has 0 saturated carbocycles. The van der Waals surface area contributed by atoms with Crippen LogP contribution in [0.3, 0.4) is 0 Å². The SMILES string of the molecule is CCCCCCCCCCCCC(OC)O[Si]. The van der Waals surface area contributed by atoms with Gasteiger partial charge in [-0.1, -0.05) is 64.7 Å². The first-order chi connectivity index (χ1) is 8.35. The van der Waals surface area contributed by atoms with E-state index < -0.39 is 0 Å². The van der Waals surface area contributed by atoms with Crippen molar-refractivity contribution in [3.05, 3.63) is 0 Å². The normalized spacial score (nSPS) is 12.9. The van der Waals surface area contributed by atoms with E-state index in [2.05, 4.69) is 17.4 Å². The summed E-state index contributed by atoms with van der Waals surface area (Å²) >= 11 is 0. The molecule has 101 valence electrons. The lowest BCUT2D eigenvalue weighted by Crippen LogP contribution is -2.13. The number of ether oxygens (including phenoxy) is 1. The van der Waals surface area contributed by atoms with Crippen LogP contribution in [0.25, 0.3) is 0 Å². The maximum atomic E-state index is 5.11. The molecule has 17 heavy (non-hydrogen) atoms. The van der Waals surface area contributed by atoms with Crippen LogP contribution in [-0.2, 0) is 9.16 Å². The number of hydrogen-bond acceptors (Lipinski definition) is 2. The fourth-order valence-corrected chi connectivity index (χ4v) is 2.24. The average Bonchev–Trinajstić information content (AvgIpc) is 2.36. The molecule has 0 aliphatic rings. The van der Waals surface area contributed by atoms with Gasteiger partial charge < -0.3 is 9.16 Å². The van der Waals surface area contributed by atoms with E-state index in [1.165, 1.54) is 64.2 Å². The van der Waals surface area contributed by atoms with Crippen molar-refractivity contribution >= 4 is 10.5 Å². The predicted molar refractivity (Wildman–Crippen MR) is 74.1 cm³/mol. The van der Waals surface area contributed by atoms with Crippen LogP contribution in [0.1, 0.15) is 77.6 Å². The van der Waals surface area contributed by atoms with Gasteiger partial charge >= 0.3 is 0 Å². The molecule has 0 amide bonds. The van der Waals surface area contributed by atoms with Crippen LogP contribution in [0.2, 0.25) is 0 Å². The van der Waals surface area contributed by atoms with Gasteiger partial charge in [0.15, 0.2) is 0 Å². The Morgan fingerprint density at radius 2 is 1.29 bits per heavy atom. The molecule has 2 nitrogen and oxygen atoms in total. The third-order valence-electron chi connectivity index (χ3n) is 3.19. The summed E-state index contributed by atoms with van der Waals surface area (Å²) in [6.07, 6.45) is 14.6. The topological polar surface area (TPSA) is 18.5 Å². The monoisotopic (exact) mass is 257 g/mol. The molecular formula is C14H29O2Si. The van der Waals surface area contributed by atoms with Gasteiger partial charge in [0.05, 0.1) is 0 Å². The molecule has 1 unspecified atom stereocenters. The summed E-state index contributed by atoms with van der Waals surface area (Å²) in [5, 5.41) is 0. The van der Waals surface area contributed by atoms with Crippen molar-refractivity contribution in [1.82, 2.24) is 0 Å². The van der Waals surface area contributed by atoms with Crippen LogP contribution in [-0.4, -0.2) is 23.9 Å². The Balaban J connectivity index is 3.03. The molecule has 0 rings (SSSR count). The molecule has 0 spiro atoms. The summed E-state index contributed by atoms with van der Waals surface area (Å²) in [5.41, 5.74) is 0. The van der Waals surface area contributed by atoms with Crippen LogP contribution in [0.15, 0.2) is 0 Å². The van der Waals surface area contributed by atoms with Gasteiger partial charge in [-0.15, -0.1) is 0 Å². The van der Waals surface area contributed by atoms with Gasteiger partial charge in [0.1, 0.15) is 6.29 Å². The van der Waals surface area contributed by atoms with Crippen molar-refractivity contribution in [3.8, 4) is 0 Å². The van der Waals surface area contributed by atoms with Gasteiger partial charge in [0.2, 0.25) is 10.5 Å². The number of unbranched alkanes of at least 4 members (excludes halogenated alkanes) is 9. The van der Waals surface area contributed by atoms with Crippen molar-refractivity contribution in [2.45, 2.75) is 83.8 Å². The molecule has 0 heterocycles. The highest BCUT2D eigenvalue weighted by Gasteiger charge is 2.03. The lowest BCUT2D eigenvalue weighted by molar-refractivity contribution is -0.0551. The Labute approximate surface area is 111 Å². The third-order valence-corrected chi connectivity index (χ3v) is 3.45. The van der Waals surface area contributed by atoms with Gasteiger partial charge in [0.25, 0.3) is 0 Å². The van der Waals surface area contributed by atoms with Crippen molar-refractivity contribution in [3.63, 3.8) is 0 Å². The van der Waals surface area contributed by atoms with Crippen LogP contribution >= 0.6 is 0 Å². The first-order valence-corrected chi connectivity index (χ1v) is 7.61. The lowest BCUT2D eigenvalue weighted by atomic mass is 10.1. The summed E-state index contributed by atoms with van der Waals surface area (Å²) in [6, 6.07) is 0. The second-order valence-corrected chi connectivity index (χ2v) is 4.99. The molecule has 0 aromatic heterocycles. The molecule has 0 aliphatic carbocycles. The standard InChI is InChI=1S/C14H29O2Si/c1-3-4-5-6-7-8-9-10-11-12-13-14(15-2)16-17/h14H,3-13H2,1-2H3. The molecule has 0 saturated heterocycles. The van der Waals surface area contributed by atoms with Gasteiger partial charge in [-0.25, -0.2) is 0 Å². The Morgan fingerprint density at radius 3 is 1.71 bits per heavy atom. The summed E-state index contributed by atoms with van der Waals surface area (Å²) in [5.74, 6) is 0. The molecule has 0 aromatic rings. The maximum absolute atomic E-state index is 5.11. The van der Waals surface area contributed by atoms with Gasteiger partial charge in [-0.05, 0) is 12.8 Å². The van der Waals surface area contributed by atoms with E-state index in [1.807, 2.05) is 0 Å². The summed E-state index contributed by atoms with van der Waals surface area (Å²) in [6.45, 7) is 2.27. The molecule has 0 bridgehead atoms. The zero-order valence-corrected chi connectivity index (χ0v) is 12.7. The van der Waals surface area contributed by atoms with Crippen molar-refractivity contribution in [1.29, 1.82) is 0 Å². The Hall–Kier alpha value is 0.137. The zero-order valence-electron chi connectivity index (χ0n) is 11.7. The summed E-state index contributed by atoms with van der Waals surface area (Å²) in [4.78, 5) is 0. The molecular weight excluding hydrogens is 228 g/mol. The number of rotatable bonds is 13. The molecule has 0 fully saturated rings. The van der Waals surface area contributed by atoms with Crippen molar-refractivity contribution in [2.24, 2.45) is 0 Å². The Morgan fingerprint density at radius 1 is 0.824 bits per heavy atom. The quantitative estimate of drug-likeness (QED) is 0.277. The first-order valence-electron chi connectivity index (χ1n) is 7.20. The highest BCUT2D eigenvalue weighted by Crippen LogP contribution is 2.12. The van der Waals surface area contributed by atoms with Crippen LogP contribution in [0, 0.1) is 0 Å². The summed E-state index contributed by atoms with van der Waals surface area (Å²) in [7, 11) is 4.70. The van der Waals surface area contributed by atoms with E-state index >= 15 is 0 Å². The van der Waals surface area contributed by atoms with Gasteiger partial charge in [-0.3, -0.25) is 0 Å². The predicted octanol–water partition coefficient (Wildman–Crippen LogP) is 4.37. The summed E-state index contributed by atoms with van der Waals surface area (Å²) < 4.78 is 10.1. The van der Waals surface area contributed by atoms with Crippen LogP contribution in [0.4, 0.5) is 0 Å². The van der Waals surface area contributed by atoms with Crippen molar-refractivity contribution in [2.75, 3.05) is 7.11 Å². The Kier molecular flexibility index (Phi) is 14.3. The maximum Gasteiger partial charge on any atom is 0.249 e.